The first-order valence-corrected chi connectivity index (χ1v) is 11.8. The van der Waals surface area contributed by atoms with E-state index in [2.05, 4.69) is 21.2 Å². The number of nitrogens with one attached hydrogen (secondary N) is 1. The molecule has 1 amide bonds. The standard InChI is InChI=1S/C20H22BrNO3S2/c1-2-25-20(24)18-14-8-4-6-10-16(14)27-19(18)22-17(23)12-26-11-13-7-3-5-9-15(13)21/h3,5,7,9H,2,4,6,8,10-12H2,1H3,(H,22,23). The molecule has 0 saturated heterocycles. The lowest BCUT2D eigenvalue weighted by atomic mass is 9.95. The van der Waals surface area contributed by atoms with E-state index >= 15 is 0 Å². The molecule has 1 heterocycles. The van der Waals surface area contributed by atoms with Crippen molar-refractivity contribution in [3.63, 3.8) is 0 Å². The predicted molar refractivity (Wildman–Crippen MR) is 116 cm³/mol. The second-order valence-corrected chi connectivity index (χ2v) is 9.21. The summed E-state index contributed by atoms with van der Waals surface area (Å²) in [7, 11) is 0. The summed E-state index contributed by atoms with van der Waals surface area (Å²) in [5.41, 5.74) is 2.80. The van der Waals surface area contributed by atoms with E-state index in [1.165, 1.54) is 16.2 Å². The molecule has 1 aliphatic carbocycles. The van der Waals surface area contributed by atoms with Crippen LogP contribution in [0.3, 0.4) is 0 Å². The van der Waals surface area contributed by atoms with E-state index in [4.69, 9.17) is 4.74 Å². The van der Waals surface area contributed by atoms with Crippen LogP contribution in [0.4, 0.5) is 5.00 Å². The van der Waals surface area contributed by atoms with Crippen molar-refractivity contribution in [1.29, 1.82) is 0 Å². The monoisotopic (exact) mass is 467 g/mol. The van der Waals surface area contributed by atoms with E-state index in [0.717, 1.165) is 47.0 Å². The molecule has 1 N–H and O–H groups in total. The molecule has 1 aliphatic rings. The number of carbonyl (C=O) groups is 2. The van der Waals surface area contributed by atoms with Gasteiger partial charge >= 0.3 is 5.97 Å². The second-order valence-electron chi connectivity index (χ2n) is 6.27. The van der Waals surface area contributed by atoms with Crippen LogP contribution in [0.15, 0.2) is 28.7 Å². The van der Waals surface area contributed by atoms with Gasteiger partial charge in [0.2, 0.25) is 5.91 Å². The Bertz CT molecular complexity index is 835. The van der Waals surface area contributed by atoms with Gasteiger partial charge in [-0.05, 0) is 49.8 Å². The van der Waals surface area contributed by atoms with Crippen LogP contribution < -0.4 is 5.32 Å². The lowest BCUT2D eigenvalue weighted by Gasteiger charge is -2.12. The highest BCUT2D eigenvalue weighted by Crippen LogP contribution is 2.38. The van der Waals surface area contributed by atoms with Gasteiger partial charge in [-0.1, -0.05) is 34.1 Å². The molecule has 144 valence electrons. The minimum absolute atomic E-state index is 0.0869. The average Bonchev–Trinajstić information content (AvgIpc) is 3.01. The first-order valence-electron chi connectivity index (χ1n) is 9.02. The molecule has 3 rings (SSSR count). The molecule has 27 heavy (non-hydrogen) atoms. The largest absolute Gasteiger partial charge is 0.462 e. The number of aryl methyl sites for hydroxylation is 1. The Morgan fingerprint density at radius 2 is 2.04 bits per heavy atom. The van der Waals surface area contributed by atoms with Crippen LogP contribution in [0, 0.1) is 0 Å². The molecule has 7 heteroatoms. The first-order chi connectivity index (χ1) is 13.1. The number of ether oxygens (including phenoxy) is 1. The molecule has 4 nitrogen and oxygen atoms in total. The highest BCUT2D eigenvalue weighted by Gasteiger charge is 2.27. The number of carbonyl (C=O) groups excluding carboxylic acids is 2. The van der Waals surface area contributed by atoms with Crippen molar-refractivity contribution >= 4 is 55.9 Å². The zero-order chi connectivity index (χ0) is 19.2. The number of rotatable bonds is 7. The number of amides is 1. The van der Waals surface area contributed by atoms with Crippen molar-refractivity contribution in [2.75, 3.05) is 17.7 Å². The zero-order valence-corrected chi connectivity index (χ0v) is 18.4. The fraction of sp³-hybridized carbons (Fsp3) is 0.400. The van der Waals surface area contributed by atoms with Gasteiger partial charge in [0.05, 0.1) is 17.9 Å². The van der Waals surface area contributed by atoms with Gasteiger partial charge < -0.3 is 10.1 Å². The van der Waals surface area contributed by atoms with Crippen LogP contribution in [0.5, 0.6) is 0 Å². The van der Waals surface area contributed by atoms with E-state index < -0.39 is 0 Å². The number of hydrogen-bond donors (Lipinski definition) is 1. The fourth-order valence-electron chi connectivity index (χ4n) is 3.10. The first kappa shape index (κ1) is 20.4. The van der Waals surface area contributed by atoms with Crippen LogP contribution in [0.25, 0.3) is 0 Å². The Hall–Kier alpha value is -1.31. The van der Waals surface area contributed by atoms with Gasteiger partial charge in [-0.15, -0.1) is 23.1 Å². The molecule has 0 spiro atoms. The predicted octanol–water partition coefficient (Wildman–Crippen LogP) is 5.44. The Labute approximate surface area is 176 Å². The molecular formula is C20H22BrNO3S2. The molecule has 0 saturated carbocycles. The number of thioether (sulfide) groups is 1. The van der Waals surface area contributed by atoms with Gasteiger partial charge in [0.1, 0.15) is 5.00 Å². The number of fused-ring (bicyclic) bond motifs is 1. The number of anilines is 1. The topological polar surface area (TPSA) is 55.4 Å². The van der Waals surface area contributed by atoms with E-state index in [-0.39, 0.29) is 11.9 Å². The van der Waals surface area contributed by atoms with Gasteiger partial charge in [-0.25, -0.2) is 4.79 Å². The van der Waals surface area contributed by atoms with Gasteiger partial charge in [-0.2, -0.15) is 0 Å². The van der Waals surface area contributed by atoms with Crippen LogP contribution >= 0.6 is 39.0 Å². The molecule has 0 unspecified atom stereocenters. The molecular weight excluding hydrogens is 446 g/mol. The quantitative estimate of drug-likeness (QED) is 0.550. The average molecular weight is 468 g/mol. The van der Waals surface area contributed by atoms with Crippen LogP contribution in [0.2, 0.25) is 0 Å². The maximum Gasteiger partial charge on any atom is 0.341 e. The van der Waals surface area contributed by atoms with Crippen LogP contribution in [-0.4, -0.2) is 24.2 Å². The van der Waals surface area contributed by atoms with Gasteiger partial charge in [-0.3, -0.25) is 4.79 Å². The molecule has 1 aromatic carbocycles. The SMILES string of the molecule is CCOC(=O)c1c(NC(=O)CSCc2ccccc2Br)sc2c1CCCC2. The summed E-state index contributed by atoms with van der Waals surface area (Å²) >= 11 is 6.61. The number of thiophene rings is 1. The van der Waals surface area contributed by atoms with Gasteiger partial charge in [0.15, 0.2) is 0 Å². The lowest BCUT2D eigenvalue weighted by molar-refractivity contribution is -0.113. The Kier molecular flexibility index (Phi) is 7.38. The highest BCUT2D eigenvalue weighted by atomic mass is 79.9. The summed E-state index contributed by atoms with van der Waals surface area (Å²) in [5, 5.41) is 3.60. The summed E-state index contributed by atoms with van der Waals surface area (Å²) in [6, 6.07) is 8.00. The third-order valence-electron chi connectivity index (χ3n) is 4.35. The van der Waals surface area contributed by atoms with Crippen LogP contribution in [-0.2, 0) is 28.1 Å². The molecule has 0 radical (unpaired) electrons. The van der Waals surface area contributed by atoms with Crippen molar-refractivity contribution in [2.24, 2.45) is 0 Å². The number of benzene rings is 1. The maximum atomic E-state index is 12.4. The molecule has 0 fully saturated rings. The van der Waals surface area contributed by atoms with Crippen molar-refractivity contribution in [2.45, 2.75) is 38.4 Å². The summed E-state index contributed by atoms with van der Waals surface area (Å²) in [4.78, 5) is 26.1. The third-order valence-corrected chi connectivity index (χ3v) is 7.31. The Morgan fingerprint density at radius 3 is 2.81 bits per heavy atom. The molecule has 1 aromatic heterocycles. The van der Waals surface area contributed by atoms with E-state index in [1.807, 2.05) is 24.3 Å². The summed E-state index contributed by atoms with van der Waals surface area (Å²) < 4.78 is 6.28. The van der Waals surface area contributed by atoms with Crippen LogP contribution in [0.1, 0.15) is 46.1 Å². The zero-order valence-electron chi connectivity index (χ0n) is 15.2. The van der Waals surface area contributed by atoms with E-state index in [0.29, 0.717) is 22.9 Å². The lowest BCUT2D eigenvalue weighted by Crippen LogP contribution is -2.17. The Balaban J connectivity index is 1.65. The minimum Gasteiger partial charge on any atom is -0.462 e. The highest BCUT2D eigenvalue weighted by molar-refractivity contribution is 9.10. The minimum atomic E-state index is -0.326. The third kappa shape index (κ3) is 5.15. The van der Waals surface area contributed by atoms with Crippen molar-refractivity contribution < 1.29 is 14.3 Å². The van der Waals surface area contributed by atoms with Gasteiger partial charge in [0, 0.05) is 15.1 Å². The van der Waals surface area contributed by atoms with Crippen molar-refractivity contribution in [3.8, 4) is 0 Å². The van der Waals surface area contributed by atoms with E-state index in [9.17, 15) is 9.59 Å². The second kappa shape index (κ2) is 9.75. The summed E-state index contributed by atoms with van der Waals surface area (Å²) in [6.07, 6.45) is 4.06. The van der Waals surface area contributed by atoms with Crippen molar-refractivity contribution in [1.82, 2.24) is 0 Å². The number of hydrogen-bond acceptors (Lipinski definition) is 5. The number of esters is 1. The van der Waals surface area contributed by atoms with E-state index in [1.54, 1.807) is 18.7 Å². The molecule has 0 bridgehead atoms. The molecule has 0 atom stereocenters. The number of halogens is 1. The van der Waals surface area contributed by atoms with Crippen molar-refractivity contribution in [3.05, 3.63) is 50.3 Å². The maximum absolute atomic E-state index is 12.4. The fourth-order valence-corrected chi connectivity index (χ4v) is 5.84. The Morgan fingerprint density at radius 1 is 1.26 bits per heavy atom. The summed E-state index contributed by atoms with van der Waals surface area (Å²) in [6.45, 7) is 2.13. The normalized spacial score (nSPS) is 13.1. The molecule has 2 aromatic rings. The van der Waals surface area contributed by atoms with Gasteiger partial charge in [0.25, 0.3) is 0 Å². The smallest absolute Gasteiger partial charge is 0.341 e. The molecule has 0 aliphatic heterocycles. The summed E-state index contributed by atoms with van der Waals surface area (Å²) in [5.74, 6) is 0.677.